The summed E-state index contributed by atoms with van der Waals surface area (Å²) in [5, 5.41) is 9.85. The summed E-state index contributed by atoms with van der Waals surface area (Å²) in [6, 6.07) is 11.3. The highest BCUT2D eigenvalue weighted by Crippen LogP contribution is 2.46. The van der Waals surface area contributed by atoms with E-state index in [0.29, 0.717) is 0 Å². The lowest BCUT2D eigenvalue weighted by atomic mass is 9.69. The first-order valence-corrected chi connectivity index (χ1v) is 8.24. The molecule has 2 aliphatic rings. The molecule has 0 spiro atoms. The van der Waals surface area contributed by atoms with E-state index in [4.69, 9.17) is 4.99 Å². The maximum atomic E-state index is 12.7. The molecule has 1 aliphatic heterocycles. The minimum Gasteiger partial charge on any atom is -0.508 e. The Balaban J connectivity index is 2.01. The fourth-order valence-corrected chi connectivity index (χ4v) is 3.63. The quantitative estimate of drug-likeness (QED) is 0.842. The highest BCUT2D eigenvalue weighted by Gasteiger charge is 2.39. The number of aryl methyl sites for hydroxylation is 1. The van der Waals surface area contributed by atoms with Crippen LogP contribution < -0.4 is 0 Å². The van der Waals surface area contributed by atoms with Gasteiger partial charge in [0.1, 0.15) is 5.75 Å². The van der Waals surface area contributed by atoms with Crippen molar-refractivity contribution in [2.24, 2.45) is 4.99 Å². The van der Waals surface area contributed by atoms with Crippen molar-refractivity contribution < 1.29 is 9.90 Å². The van der Waals surface area contributed by atoms with Gasteiger partial charge in [-0.25, -0.2) is 4.99 Å². The monoisotopic (exact) mass is 317 g/mol. The van der Waals surface area contributed by atoms with Gasteiger partial charge in [-0.2, -0.15) is 0 Å². The number of ketones is 1. The van der Waals surface area contributed by atoms with Crippen molar-refractivity contribution in [1.82, 2.24) is 0 Å². The first-order chi connectivity index (χ1) is 11.4. The number of carbonyl (C=O) groups excluding carboxylic acids is 1. The summed E-state index contributed by atoms with van der Waals surface area (Å²) in [7, 11) is 0. The zero-order valence-electron chi connectivity index (χ0n) is 14.1. The number of nitrogens with zero attached hydrogens (tertiary/aromatic N) is 1. The van der Waals surface area contributed by atoms with Crippen molar-refractivity contribution in [2.75, 3.05) is 0 Å². The Bertz CT molecular complexity index is 948. The van der Waals surface area contributed by atoms with Gasteiger partial charge in [-0.1, -0.05) is 32.9 Å². The summed E-state index contributed by atoms with van der Waals surface area (Å²) in [6.45, 7) is 6.23. The number of aromatic hydroxyl groups is 1. The lowest BCUT2D eigenvalue weighted by Crippen LogP contribution is -2.33. The average molecular weight is 317 g/mol. The molecule has 0 amide bonds. The van der Waals surface area contributed by atoms with E-state index in [-0.39, 0.29) is 16.9 Å². The lowest BCUT2D eigenvalue weighted by Gasteiger charge is -2.36. The van der Waals surface area contributed by atoms with Gasteiger partial charge < -0.3 is 5.11 Å². The predicted molar refractivity (Wildman–Crippen MR) is 95.6 cm³/mol. The highest BCUT2D eigenvalue weighted by molar-refractivity contribution is 6.28. The molecule has 1 aliphatic carbocycles. The van der Waals surface area contributed by atoms with Crippen molar-refractivity contribution in [3.8, 4) is 5.75 Å². The van der Waals surface area contributed by atoms with Gasteiger partial charge in [0.05, 0.1) is 11.4 Å². The van der Waals surface area contributed by atoms with Gasteiger partial charge in [-0.05, 0) is 53.5 Å². The summed E-state index contributed by atoms with van der Waals surface area (Å²) in [5.41, 5.74) is 5.99. The summed E-state index contributed by atoms with van der Waals surface area (Å²) in [4.78, 5) is 17.5. The van der Waals surface area contributed by atoms with Crippen LogP contribution in [0.3, 0.4) is 0 Å². The second-order valence-corrected chi connectivity index (χ2v) is 6.94. The smallest absolute Gasteiger partial charge is 0.186 e. The number of allylic oxidation sites excluding steroid dienone is 2. The van der Waals surface area contributed by atoms with Gasteiger partial charge in [-0.15, -0.1) is 0 Å². The van der Waals surface area contributed by atoms with Crippen LogP contribution in [0.15, 0.2) is 53.0 Å². The van der Waals surface area contributed by atoms with Crippen LogP contribution in [-0.4, -0.2) is 16.6 Å². The normalized spacial score (nSPS) is 17.4. The topological polar surface area (TPSA) is 49.7 Å². The summed E-state index contributed by atoms with van der Waals surface area (Å²) < 4.78 is 0. The molecule has 0 aromatic heterocycles. The van der Waals surface area contributed by atoms with Gasteiger partial charge in [0, 0.05) is 16.5 Å². The van der Waals surface area contributed by atoms with Crippen molar-refractivity contribution in [3.63, 3.8) is 0 Å². The van der Waals surface area contributed by atoms with E-state index < -0.39 is 0 Å². The van der Waals surface area contributed by atoms with E-state index in [2.05, 4.69) is 26.8 Å². The Labute approximate surface area is 141 Å². The summed E-state index contributed by atoms with van der Waals surface area (Å²) in [5.74, 6) is 0.252. The standard InChI is InChI=1S/C21H19NO2/c1-4-12-5-7-14-15(9-12)19(24)11-17-20(14)22-18-8-6-13(23)10-16(18)21(17,2)3/h5-11,23H,4H2,1-3H3. The van der Waals surface area contributed by atoms with Crippen LogP contribution in [0.25, 0.3) is 0 Å². The fourth-order valence-electron chi connectivity index (χ4n) is 3.63. The van der Waals surface area contributed by atoms with E-state index >= 15 is 0 Å². The first-order valence-electron chi connectivity index (χ1n) is 8.24. The van der Waals surface area contributed by atoms with Crippen LogP contribution in [-0.2, 0) is 11.8 Å². The minimum atomic E-state index is -0.387. The molecule has 0 radical (unpaired) electrons. The predicted octanol–water partition coefficient (Wildman–Crippen LogP) is 4.49. The molecule has 0 bridgehead atoms. The first kappa shape index (κ1) is 14.9. The van der Waals surface area contributed by atoms with E-state index in [1.807, 2.05) is 18.2 Å². The average Bonchev–Trinajstić information content (AvgIpc) is 2.57. The van der Waals surface area contributed by atoms with Gasteiger partial charge in [0.15, 0.2) is 5.78 Å². The number of hydrogen-bond acceptors (Lipinski definition) is 3. The number of benzene rings is 2. The molecule has 24 heavy (non-hydrogen) atoms. The molecule has 1 heterocycles. The molecule has 0 saturated carbocycles. The molecule has 0 fully saturated rings. The number of rotatable bonds is 1. The van der Waals surface area contributed by atoms with Crippen LogP contribution >= 0.6 is 0 Å². The zero-order chi connectivity index (χ0) is 17.1. The molecule has 0 unspecified atom stereocenters. The van der Waals surface area contributed by atoms with E-state index in [0.717, 1.165) is 45.6 Å². The van der Waals surface area contributed by atoms with Gasteiger partial charge in [-0.3, -0.25) is 4.79 Å². The van der Waals surface area contributed by atoms with Crippen molar-refractivity contribution in [1.29, 1.82) is 0 Å². The second kappa shape index (κ2) is 4.91. The molecule has 0 atom stereocenters. The van der Waals surface area contributed by atoms with E-state index in [1.165, 1.54) is 0 Å². The van der Waals surface area contributed by atoms with Gasteiger partial charge in [0.25, 0.3) is 0 Å². The van der Waals surface area contributed by atoms with Crippen LogP contribution in [0.1, 0.15) is 47.8 Å². The lowest BCUT2D eigenvalue weighted by molar-refractivity contribution is 0.104. The molecule has 4 rings (SSSR count). The third-order valence-electron chi connectivity index (χ3n) is 5.10. The van der Waals surface area contributed by atoms with E-state index in [9.17, 15) is 9.90 Å². The van der Waals surface area contributed by atoms with Crippen LogP contribution in [0.5, 0.6) is 5.75 Å². The summed E-state index contributed by atoms with van der Waals surface area (Å²) >= 11 is 0. The van der Waals surface area contributed by atoms with Crippen LogP contribution in [0.4, 0.5) is 5.69 Å². The third-order valence-corrected chi connectivity index (χ3v) is 5.10. The second-order valence-electron chi connectivity index (χ2n) is 6.94. The molecular weight excluding hydrogens is 298 g/mol. The molecule has 2 aromatic rings. The van der Waals surface area contributed by atoms with Crippen molar-refractivity contribution in [3.05, 3.63) is 70.3 Å². The zero-order valence-corrected chi connectivity index (χ0v) is 14.1. The molecule has 1 N–H and O–H groups in total. The van der Waals surface area contributed by atoms with Crippen LogP contribution in [0, 0.1) is 0 Å². The van der Waals surface area contributed by atoms with E-state index in [1.54, 1.807) is 18.2 Å². The Kier molecular flexibility index (Phi) is 3.04. The Morgan fingerprint density at radius 3 is 2.62 bits per heavy atom. The Morgan fingerprint density at radius 2 is 1.88 bits per heavy atom. The van der Waals surface area contributed by atoms with Crippen molar-refractivity contribution in [2.45, 2.75) is 32.6 Å². The van der Waals surface area contributed by atoms with Gasteiger partial charge >= 0.3 is 0 Å². The molecular formula is C21H19NO2. The van der Waals surface area contributed by atoms with Crippen LogP contribution in [0.2, 0.25) is 0 Å². The summed E-state index contributed by atoms with van der Waals surface area (Å²) in [6.07, 6.45) is 2.62. The Hall–Kier alpha value is -2.68. The molecule has 0 saturated heterocycles. The number of hydrogen-bond donors (Lipinski definition) is 1. The number of phenols is 1. The number of phenolic OH excluding ortho intramolecular Hbond substituents is 1. The fraction of sp³-hybridized carbons (Fsp3) is 0.238. The molecule has 3 heteroatoms. The highest BCUT2D eigenvalue weighted by atomic mass is 16.3. The number of carbonyl (C=O) groups is 1. The number of fused-ring (bicyclic) bond motifs is 4. The maximum Gasteiger partial charge on any atom is 0.186 e. The van der Waals surface area contributed by atoms with Gasteiger partial charge in [0.2, 0.25) is 0 Å². The number of aliphatic imine (C=N–C) groups is 1. The molecule has 120 valence electrons. The largest absolute Gasteiger partial charge is 0.508 e. The minimum absolute atomic E-state index is 0.0333. The molecule has 2 aromatic carbocycles. The Morgan fingerprint density at radius 1 is 1.08 bits per heavy atom. The third kappa shape index (κ3) is 1.97. The maximum absolute atomic E-state index is 12.7. The SMILES string of the molecule is CCc1ccc2c(c1)C(=O)C=C1C2=Nc2ccc(O)cc2C1(C)C. The van der Waals surface area contributed by atoms with Crippen molar-refractivity contribution >= 4 is 17.2 Å². The molecule has 3 nitrogen and oxygen atoms in total.